The van der Waals surface area contributed by atoms with Crippen molar-refractivity contribution in [3.63, 3.8) is 0 Å². The third-order valence-corrected chi connectivity index (χ3v) is 4.73. The molecule has 1 fully saturated rings. The SMILES string of the molecule is CC(C)c1nc(-c2cccnc2SCC(=O)N2CCCC2)no1. The van der Waals surface area contributed by atoms with Crippen molar-refractivity contribution in [3.05, 3.63) is 24.2 Å². The van der Waals surface area contributed by atoms with Gasteiger partial charge >= 0.3 is 0 Å². The molecular formula is C16H20N4O2S. The van der Waals surface area contributed by atoms with Gasteiger partial charge in [-0.25, -0.2) is 4.98 Å². The molecule has 23 heavy (non-hydrogen) atoms. The Hall–Kier alpha value is -1.89. The summed E-state index contributed by atoms with van der Waals surface area (Å²) in [5.74, 6) is 1.87. The Bertz CT molecular complexity index is 680. The lowest BCUT2D eigenvalue weighted by Gasteiger charge is -2.14. The largest absolute Gasteiger partial charge is 0.342 e. The molecule has 7 heteroatoms. The van der Waals surface area contributed by atoms with Crippen LogP contribution < -0.4 is 0 Å². The molecular weight excluding hydrogens is 312 g/mol. The number of likely N-dealkylation sites (tertiary alicyclic amines) is 1. The Balaban J connectivity index is 1.73. The normalized spacial score (nSPS) is 14.7. The first-order valence-electron chi connectivity index (χ1n) is 7.84. The average molecular weight is 332 g/mol. The zero-order chi connectivity index (χ0) is 16.2. The highest BCUT2D eigenvalue weighted by molar-refractivity contribution is 8.00. The number of carbonyl (C=O) groups excluding carboxylic acids is 1. The summed E-state index contributed by atoms with van der Waals surface area (Å²) in [7, 11) is 0. The molecule has 0 unspecified atom stereocenters. The molecule has 0 spiro atoms. The molecule has 3 rings (SSSR count). The van der Waals surface area contributed by atoms with Crippen LogP contribution in [0.25, 0.3) is 11.4 Å². The summed E-state index contributed by atoms with van der Waals surface area (Å²) < 4.78 is 5.27. The highest BCUT2D eigenvalue weighted by Gasteiger charge is 2.20. The molecule has 1 aliphatic heterocycles. The number of hydrogen-bond donors (Lipinski definition) is 0. The van der Waals surface area contributed by atoms with E-state index < -0.39 is 0 Å². The number of hydrogen-bond acceptors (Lipinski definition) is 6. The van der Waals surface area contributed by atoms with Crippen molar-refractivity contribution < 1.29 is 9.32 Å². The zero-order valence-corrected chi connectivity index (χ0v) is 14.2. The Morgan fingerprint density at radius 1 is 1.39 bits per heavy atom. The summed E-state index contributed by atoms with van der Waals surface area (Å²) in [5, 5.41) is 4.80. The smallest absolute Gasteiger partial charge is 0.232 e. The maximum Gasteiger partial charge on any atom is 0.232 e. The molecule has 3 heterocycles. The van der Waals surface area contributed by atoms with Gasteiger partial charge in [0.15, 0.2) is 0 Å². The van der Waals surface area contributed by atoms with Gasteiger partial charge in [0, 0.05) is 25.2 Å². The van der Waals surface area contributed by atoms with E-state index in [1.54, 1.807) is 6.20 Å². The summed E-state index contributed by atoms with van der Waals surface area (Å²) in [6, 6.07) is 3.75. The van der Waals surface area contributed by atoms with E-state index in [0.29, 0.717) is 17.5 Å². The van der Waals surface area contributed by atoms with E-state index in [4.69, 9.17) is 4.52 Å². The number of amides is 1. The summed E-state index contributed by atoms with van der Waals surface area (Å²) in [5.41, 5.74) is 0.808. The minimum absolute atomic E-state index is 0.167. The number of pyridine rings is 1. The quantitative estimate of drug-likeness (QED) is 0.784. The van der Waals surface area contributed by atoms with Gasteiger partial charge in [-0.3, -0.25) is 4.79 Å². The lowest BCUT2D eigenvalue weighted by Crippen LogP contribution is -2.29. The first kappa shape index (κ1) is 16.0. The van der Waals surface area contributed by atoms with Crippen LogP contribution in [0.3, 0.4) is 0 Å². The molecule has 122 valence electrons. The summed E-state index contributed by atoms with van der Waals surface area (Å²) >= 11 is 1.43. The number of aromatic nitrogens is 3. The fourth-order valence-electron chi connectivity index (χ4n) is 2.44. The van der Waals surface area contributed by atoms with Crippen molar-refractivity contribution in [3.8, 4) is 11.4 Å². The molecule has 6 nitrogen and oxygen atoms in total. The molecule has 1 aliphatic rings. The van der Waals surface area contributed by atoms with Crippen LogP contribution in [0.15, 0.2) is 27.9 Å². The van der Waals surface area contributed by atoms with Crippen LogP contribution in [0.2, 0.25) is 0 Å². The van der Waals surface area contributed by atoms with Crippen molar-refractivity contribution in [2.75, 3.05) is 18.8 Å². The molecule has 0 bridgehead atoms. The minimum Gasteiger partial charge on any atom is -0.342 e. The van der Waals surface area contributed by atoms with E-state index in [1.807, 2.05) is 30.9 Å². The van der Waals surface area contributed by atoms with Gasteiger partial charge in [0.25, 0.3) is 0 Å². The molecule has 0 atom stereocenters. The molecule has 0 radical (unpaired) electrons. The van der Waals surface area contributed by atoms with Crippen LogP contribution in [-0.2, 0) is 4.79 Å². The summed E-state index contributed by atoms with van der Waals surface area (Å²) in [6.45, 7) is 5.75. The fourth-order valence-corrected chi connectivity index (χ4v) is 3.34. The van der Waals surface area contributed by atoms with Gasteiger partial charge in [-0.2, -0.15) is 4.98 Å². The van der Waals surface area contributed by atoms with E-state index in [0.717, 1.165) is 36.5 Å². The predicted molar refractivity (Wildman–Crippen MR) is 88.2 cm³/mol. The standard InChI is InChI=1S/C16H20N4O2S/c1-11(2)15-18-14(19-22-15)12-6-5-7-17-16(12)23-10-13(21)20-8-3-4-9-20/h5-7,11H,3-4,8-10H2,1-2H3. The van der Waals surface area contributed by atoms with Crippen molar-refractivity contribution in [2.45, 2.75) is 37.6 Å². The lowest BCUT2D eigenvalue weighted by atomic mass is 10.2. The Kier molecular flexibility index (Phi) is 4.95. The first-order valence-corrected chi connectivity index (χ1v) is 8.83. The van der Waals surface area contributed by atoms with Gasteiger partial charge in [0.05, 0.1) is 11.3 Å². The number of nitrogens with zero attached hydrogens (tertiary/aromatic N) is 4. The molecule has 0 saturated carbocycles. The van der Waals surface area contributed by atoms with Gasteiger partial charge < -0.3 is 9.42 Å². The molecule has 2 aromatic rings. The number of carbonyl (C=O) groups is 1. The van der Waals surface area contributed by atoms with Crippen LogP contribution in [0.5, 0.6) is 0 Å². The highest BCUT2D eigenvalue weighted by Crippen LogP contribution is 2.29. The molecule has 1 amide bonds. The van der Waals surface area contributed by atoms with E-state index in [9.17, 15) is 4.79 Å². The molecule has 1 saturated heterocycles. The van der Waals surface area contributed by atoms with Crippen LogP contribution in [0, 0.1) is 0 Å². The topological polar surface area (TPSA) is 72.1 Å². The lowest BCUT2D eigenvalue weighted by molar-refractivity contribution is -0.127. The van der Waals surface area contributed by atoms with Gasteiger partial charge in [0.1, 0.15) is 5.03 Å². The second-order valence-electron chi connectivity index (χ2n) is 5.84. The van der Waals surface area contributed by atoms with Gasteiger partial charge in [-0.1, -0.05) is 30.8 Å². The first-order chi connectivity index (χ1) is 11.1. The van der Waals surface area contributed by atoms with Crippen molar-refractivity contribution >= 4 is 17.7 Å². The van der Waals surface area contributed by atoms with Gasteiger partial charge in [0.2, 0.25) is 17.6 Å². The van der Waals surface area contributed by atoms with E-state index in [-0.39, 0.29) is 11.8 Å². The van der Waals surface area contributed by atoms with Crippen LogP contribution >= 0.6 is 11.8 Å². The number of rotatable bonds is 5. The van der Waals surface area contributed by atoms with Crippen molar-refractivity contribution in [2.24, 2.45) is 0 Å². The third kappa shape index (κ3) is 3.72. The predicted octanol–water partition coefficient (Wildman–Crippen LogP) is 2.97. The Morgan fingerprint density at radius 3 is 2.87 bits per heavy atom. The van der Waals surface area contributed by atoms with Crippen molar-refractivity contribution in [1.29, 1.82) is 0 Å². The van der Waals surface area contributed by atoms with Crippen molar-refractivity contribution in [1.82, 2.24) is 20.0 Å². The average Bonchev–Trinajstić information content (AvgIpc) is 3.24. The van der Waals surface area contributed by atoms with E-state index in [1.165, 1.54) is 11.8 Å². The maximum atomic E-state index is 12.2. The highest BCUT2D eigenvalue weighted by atomic mass is 32.2. The molecule has 2 aromatic heterocycles. The van der Waals surface area contributed by atoms with Crippen LogP contribution in [0.1, 0.15) is 38.5 Å². The third-order valence-electron chi connectivity index (χ3n) is 3.74. The summed E-state index contributed by atoms with van der Waals surface area (Å²) in [4.78, 5) is 22.9. The Morgan fingerprint density at radius 2 is 2.17 bits per heavy atom. The van der Waals surface area contributed by atoms with Gasteiger partial charge in [-0.15, -0.1) is 0 Å². The molecule has 0 N–H and O–H groups in total. The molecule has 0 aliphatic carbocycles. The van der Waals surface area contributed by atoms with Crippen LogP contribution in [0.4, 0.5) is 0 Å². The summed E-state index contributed by atoms with van der Waals surface area (Å²) in [6.07, 6.45) is 3.92. The Labute approximate surface area is 139 Å². The maximum absolute atomic E-state index is 12.2. The zero-order valence-electron chi connectivity index (χ0n) is 13.4. The second-order valence-corrected chi connectivity index (χ2v) is 6.81. The van der Waals surface area contributed by atoms with E-state index >= 15 is 0 Å². The fraction of sp³-hybridized carbons (Fsp3) is 0.500. The second kappa shape index (κ2) is 7.12. The molecule has 0 aromatic carbocycles. The van der Waals surface area contributed by atoms with E-state index in [2.05, 4.69) is 15.1 Å². The minimum atomic E-state index is 0.167. The number of thioether (sulfide) groups is 1. The monoisotopic (exact) mass is 332 g/mol. The van der Waals surface area contributed by atoms with Gasteiger partial charge in [-0.05, 0) is 25.0 Å². The van der Waals surface area contributed by atoms with Crippen LogP contribution in [-0.4, -0.2) is 44.8 Å².